The Labute approximate surface area is 142 Å². The molecule has 1 aliphatic heterocycles. The van der Waals surface area contributed by atoms with Gasteiger partial charge in [-0.3, -0.25) is 4.79 Å². The minimum absolute atomic E-state index is 0.0981. The van der Waals surface area contributed by atoms with Crippen molar-refractivity contribution in [3.63, 3.8) is 0 Å². The summed E-state index contributed by atoms with van der Waals surface area (Å²) in [5.74, 6) is 1.07. The molecule has 1 aromatic carbocycles. The highest BCUT2D eigenvalue weighted by atomic mass is 16.1. The van der Waals surface area contributed by atoms with E-state index in [1.165, 1.54) is 31.5 Å². The summed E-state index contributed by atoms with van der Waals surface area (Å²) in [5.41, 5.74) is 6.46. The zero-order valence-electron chi connectivity index (χ0n) is 14.0. The van der Waals surface area contributed by atoms with Crippen molar-refractivity contribution in [3.8, 4) is 0 Å². The van der Waals surface area contributed by atoms with Gasteiger partial charge in [0, 0.05) is 6.42 Å². The molecule has 2 heterocycles. The lowest BCUT2D eigenvalue weighted by molar-refractivity contribution is -0.117. The van der Waals surface area contributed by atoms with E-state index in [1.807, 2.05) is 22.9 Å². The Hall–Kier alpha value is -2.21. The molecule has 0 saturated carbocycles. The molecule has 24 heavy (non-hydrogen) atoms. The van der Waals surface area contributed by atoms with Crippen LogP contribution in [-0.2, 0) is 24.2 Å². The number of nitrogens with zero attached hydrogens (tertiary/aromatic N) is 4. The third-order valence-electron chi connectivity index (χ3n) is 4.37. The average Bonchev–Trinajstić information content (AvgIpc) is 3.19. The smallest absolute Gasteiger partial charge is 0.225 e. The summed E-state index contributed by atoms with van der Waals surface area (Å²) in [6, 6.07) is 10.2. The maximum absolute atomic E-state index is 11.2. The number of rotatable bonds is 8. The van der Waals surface area contributed by atoms with Crippen molar-refractivity contribution in [3.05, 3.63) is 47.5 Å². The van der Waals surface area contributed by atoms with Gasteiger partial charge in [0.25, 0.3) is 0 Å². The minimum Gasteiger partial charge on any atom is -0.369 e. The lowest BCUT2D eigenvalue weighted by Crippen LogP contribution is -2.21. The second kappa shape index (κ2) is 8.06. The summed E-state index contributed by atoms with van der Waals surface area (Å²) in [4.78, 5) is 18.2. The number of hydrogen-bond acceptors (Lipinski definition) is 4. The second-order valence-electron chi connectivity index (χ2n) is 6.38. The Bertz CT molecular complexity index is 661. The van der Waals surface area contributed by atoms with Gasteiger partial charge in [0.2, 0.25) is 5.91 Å². The molecule has 2 N–H and O–H groups in total. The van der Waals surface area contributed by atoms with E-state index in [0.717, 1.165) is 25.2 Å². The Morgan fingerprint density at radius 2 is 1.92 bits per heavy atom. The number of benzene rings is 1. The molecule has 0 spiro atoms. The van der Waals surface area contributed by atoms with Gasteiger partial charge in [0.1, 0.15) is 5.82 Å². The van der Waals surface area contributed by atoms with E-state index in [0.29, 0.717) is 12.4 Å². The third kappa shape index (κ3) is 4.64. The van der Waals surface area contributed by atoms with Crippen LogP contribution < -0.4 is 5.73 Å². The molecule has 2 aromatic rings. The molecule has 1 saturated heterocycles. The lowest BCUT2D eigenvalue weighted by Gasteiger charge is -2.14. The van der Waals surface area contributed by atoms with Crippen LogP contribution in [-0.4, -0.2) is 45.2 Å². The van der Waals surface area contributed by atoms with Crippen LogP contribution >= 0.6 is 0 Å². The number of carbonyl (C=O) groups is 1. The van der Waals surface area contributed by atoms with Gasteiger partial charge in [-0.1, -0.05) is 30.3 Å². The minimum atomic E-state index is -0.393. The predicted octanol–water partition coefficient (Wildman–Crippen LogP) is 1.38. The molecule has 3 rings (SSSR count). The molecule has 1 aliphatic rings. The van der Waals surface area contributed by atoms with Gasteiger partial charge >= 0.3 is 0 Å². The van der Waals surface area contributed by atoms with Crippen molar-refractivity contribution in [1.82, 2.24) is 19.7 Å². The summed E-state index contributed by atoms with van der Waals surface area (Å²) < 4.78 is 1.91. The fourth-order valence-corrected chi connectivity index (χ4v) is 3.19. The summed E-state index contributed by atoms with van der Waals surface area (Å²) in [6.45, 7) is 4.20. The van der Waals surface area contributed by atoms with E-state index < -0.39 is 5.91 Å². The van der Waals surface area contributed by atoms with Crippen LogP contribution in [0, 0.1) is 0 Å². The quantitative estimate of drug-likeness (QED) is 0.795. The highest BCUT2D eigenvalue weighted by Crippen LogP contribution is 2.11. The first kappa shape index (κ1) is 16.6. The molecule has 1 fully saturated rings. The summed E-state index contributed by atoms with van der Waals surface area (Å²) in [5, 5.41) is 4.49. The molecule has 1 aromatic heterocycles. The normalized spacial score (nSPS) is 15.0. The molecule has 0 atom stereocenters. The van der Waals surface area contributed by atoms with Crippen LogP contribution in [0.5, 0.6) is 0 Å². The van der Waals surface area contributed by atoms with Crippen LogP contribution in [0.3, 0.4) is 0 Å². The first-order valence-electron chi connectivity index (χ1n) is 8.68. The monoisotopic (exact) mass is 327 g/mol. The zero-order chi connectivity index (χ0) is 16.8. The van der Waals surface area contributed by atoms with Crippen molar-refractivity contribution in [2.24, 2.45) is 5.73 Å². The molecule has 0 bridgehead atoms. The third-order valence-corrected chi connectivity index (χ3v) is 4.37. The Morgan fingerprint density at radius 3 is 2.62 bits per heavy atom. The Morgan fingerprint density at radius 1 is 1.17 bits per heavy atom. The number of nitrogens with two attached hydrogens (primary N) is 1. The van der Waals surface area contributed by atoms with Gasteiger partial charge in [0.05, 0.1) is 13.0 Å². The SMILES string of the molecule is NC(=O)Cc1nc(CCCN2CCCC2)n(Cc2ccccc2)n1. The van der Waals surface area contributed by atoms with Crippen molar-refractivity contribution >= 4 is 5.91 Å². The van der Waals surface area contributed by atoms with Crippen molar-refractivity contribution in [2.45, 2.75) is 38.6 Å². The Kier molecular flexibility index (Phi) is 5.59. The van der Waals surface area contributed by atoms with Crippen LogP contribution in [0.15, 0.2) is 30.3 Å². The van der Waals surface area contributed by atoms with E-state index in [1.54, 1.807) is 0 Å². The second-order valence-corrected chi connectivity index (χ2v) is 6.38. The summed E-state index contributed by atoms with van der Waals surface area (Å²) >= 11 is 0. The molecule has 6 nitrogen and oxygen atoms in total. The maximum atomic E-state index is 11.2. The van der Waals surface area contributed by atoms with E-state index >= 15 is 0 Å². The molecule has 0 unspecified atom stereocenters. The summed E-state index contributed by atoms with van der Waals surface area (Å²) in [7, 11) is 0. The van der Waals surface area contributed by atoms with E-state index in [-0.39, 0.29) is 6.42 Å². The average molecular weight is 327 g/mol. The zero-order valence-corrected chi connectivity index (χ0v) is 14.0. The molecule has 128 valence electrons. The van der Waals surface area contributed by atoms with Crippen LogP contribution in [0.1, 0.15) is 36.5 Å². The molecule has 6 heteroatoms. The van der Waals surface area contributed by atoms with Gasteiger partial charge in [-0.25, -0.2) is 9.67 Å². The number of aryl methyl sites for hydroxylation is 1. The van der Waals surface area contributed by atoms with Crippen LogP contribution in [0.25, 0.3) is 0 Å². The number of amides is 1. The fraction of sp³-hybridized carbons (Fsp3) is 0.500. The number of aromatic nitrogens is 3. The highest BCUT2D eigenvalue weighted by molar-refractivity contribution is 5.75. The lowest BCUT2D eigenvalue weighted by atomic mass is 10.2. The van der Waals surface area contributed by atoms with Gasteiger partial charge in [-0.2, -0.15) is 5.10 Å². The fourth-order valence-electron chi connectivity index (χ4n) is 3.19. The maximum Gasteiger partial charge on any atom is 0.225 e. The standard InChI is InChI=1S/C18H25N5O/c19-16(24)13-17-20-18(9-6-12-22-10-4-5-11-22)23(21-17)14-15-7-2-1-3-8-15/h1-3,7-8H,4-6,9-14H2,(H2,19,24). The Balaban J connectivity index is 1.67. The van der Waals surface area contributed by atoms with Crippen molar-refractivity contribution in [1.29, 1.82) is 0 Å². The molecule has 0 radical (unpaired) electrons. The van der Waals surface area contributed by atoms with Gasteiger partial charge in [-0.15, -0.1) is 0 Å². The van der Waals surface area contributed by atoms with Crippen molar-refractivity contribution < 1.29 is 4.79 Å². The number of likely N-dealkylation sites (tertiary alicyclic amines) is 1. The van der Waals surface area contributed by atoms with E-state index in [9.17, 15) is 4.79 Å². The molecule has 1 amide bonds. The van der Waals surface area contributed by atoms with Gasteiger partial charge in [0.15, 0.2) is 5.82 Å². The number of hydrogen-bond donors (Lipinski definition) is 1. The predicted molar refractivity (Wildman–Crippen MR) is 92.5 cm³/mol. The molecular formula is C18H25N5O. The number of carbonyl (C=O) groups excluding carboxylic acids is 1. The largest absolute Gasteiger partial charge is 0.369 e. The summed E-state index contributed by atoms with van der Waals surface area (Å²) in [6.07, 6.45) is 4.65. The highest BCUT2D eigenvalue weighted by Gasteiger charge is 2.14. The molecular weight excluding hydrogens is 302 g/mol. The van der Waals surface area contributed by atoms with E-state index in [2.05, 4.69) is 27.1 Å². The molecule has 0 aliphatic carbocycles. The topological polar surface area (TPSA) is 77.0 Å². The first-order chi connectivity index (χ1) is 11.7. The first-order valence-corrected chi connectivity index (χ1v) is 8.68. The van der Waals surface area contributed by atoms with Crippen LogP contribution in [0.4, 0.5) is 0 Å². The van der Waals surface area contributed by atoms with Crippen LogP contribution in [0.2, 0.25) is 0 Å². The van der Waals surface area contributed by atoms with Gasteiger partial charge in [-0.05, 0) is 44.5 Å². The van der Waals surface area contributed by atoms with E-state index in [4.69, 9.17) is 5.73 Å². The van der Waals surface area contributed by atoms with Crippen molar-refractivity contribution in [2.75, 3.05) is 19.6 Å². The van der Waals surface area contributed by atoms with Gasteiger partial charge < -0.3 is 10.6 Å². The number of primary amides is 1.